The molecule has 0 aliphatic carbocycles. The van der Waals surface area contributed by atoms with Crippen LogP contribution in [-0.4, -0.2) is 35.6 Å². The van der Waals surface area contributed by atoms with E-state index in [1.165, 1.54) is 32.9 Å². The zero-order chi connectivity index (χ0) is 28.3. The highest BCUT2D eigenvalue weighted by atomic mass is 35.5. The summed E-state index contributed by atoms with van der Waals surface area (Å²) < 4.78 is 12.1. The van der Waals surface area contributed by atoms with Crippen LogP contribution in [0.4, 0.5) is 5.82 Å². The number of ketones is 1. The van der Waals surface area contributed by atoms with E-state index in [1.807, 2.05) is 42.5 Å². The van der Waals surface area contributed by atoms with Crippen molar-refractivity contribution in [2.24, 2.45) is 0 Å². The molecule has 1 N–H and O–H groups in total. The maximum atomic E-state index is 13.5. The van der Waals surface area contributed by atoms with Crippen LogP contribution in [0.25, 0.3) is 22.4 Å². The molecule has 0 atom stereocenters. The van der Waals surface area contributed by atoms with Crippen LogP contribution in [0.3, 0.4) is 0 Å². The van der Waals surface area contributed by atoms with Gasteiger partial charge in [-0.25, -0.2) is 4.37 Å². The van der Waals surface area contributed by atoms with Crippen molar-refractivity contribution in [1.82, 2.24) is 23.9 Å². The number of benzene rings is 1. The van der Waals surface area contributed by atoms with Crippen molar-refractivity contribution in [3.8, 4) is 22.4 Å². The van der Waals surface area contributed by atoms with E-state index in [4.69, 9.17) is 16.1 Å². The molecule has 0 bridgehead atoms. The Morgan fingerprint density at radius 3 is 2.59 bits per heavy atom. The Labute approximate surface area is 245 Å². The molecule has 5 aromatic heterocycles. The molecule has 6 rings (SSSR count). The van der Waals surface area contributed by atoms with Crippen LogP contribution < -0.4 is 10.9 Å². The predicted molar refractivity (Wildman–Crippen MR) is 157 cm³/mol. The highest BCUT2D eigenvalue weighted by Gasteiger charge is 2.21. The Kier molecular flexibility index (Phi) is 7.42. The second-order valence-electron chi connectivity index (χ2n) is 8.82. The maximum Gasteiger partial charge on any atom is 0.291 e. The van der Waals surface area contributed by atoms with Crippen LogP contribution >= 0.6 is 34.5 Å². The Bertz CT molecular complexity index is 1890. The number of pyridine rings is 1. The van der Waals surface area contributed by atoms with Crippen LogP contribution in [0.15, 0.2) is 94.7 Å². The number of rotatable bonds is 9. The summed E-state index contributed by atoms with van der Waals surface area (Å²) in [4.78, 5) is 41.1. The van der Waals surface area contributed by atoms with Crippen molar-refractivity contribution >= 4 is 52.0 Å². The standard InChI is InChI=1S/C28H19ClN6O4S2/c29-25-7-6-19(40-25)14-30-26-13-22(32-35(26)28(38)24-8-10-31-41-24)18-12-20(17-4-2-1-3-5-17)27(37)34(15-18)16-23(36)21-9-11-39-33-21/h1-13,15,30H,14,16H2. The summed E-state index contributed by atoms with van der Waals surface area (Å²) in [5.41, 5.74) is 1.77. The number of aromatic nitrogens is 5. The van der Waals surface area contributed by atoms with E-state index >= 15 is 0 Å². The zero-order valence-electron chi connectivity index (χ0n) is 21.1. The van der Waals surface area contributed by atoms with E-state index in [1.54, 1.807) is 30.6 Å². The summed E-state index contributed by atoms with van der Waals surface area (Å²) in [6.07, 6.45) is 4.41. The number of hydrogen-bond donors (Lipinski definition) is 1. The maximum absolute atomic E-state index is 13.5. The summed E-state index contributed by atoms with van der Waals surface area (Å²) in [6.45, 7) is 0.156. The van der Waals surface area contributed by atoms with E-state index in [2.05, 4.69) is 19.9 Å². The topological polar surface area (TPSA) is 125 Å². The molecule has 0 radical (unpaired) electrons. The van der Waals surface area contributed by atoms with Gasteiger partial charge < -0.3 is 14.4 Å². The summed E-state index contributed by atoms with van der Waals surface area (Å²) in [7, 11) is 0. The Morgan fingerprint density at radius 2 is 1.88 bits per heavy atom. The number of Topliss-reactive ketones (excluding diaryl/α,β-unsaturated/α-hetero) is 1. The predicted octanol–water partition coefficient (Wildman–Crippen LogP) is 5.72. The van der Waals surface area contributed by atoms with E-state index in [0.717, 1.165) is 16.4 Å². The lowest BCUT2D eigenvalue weighted by Crippen LogP contribution is -2.25. The van der Waals surface area contributed by atoms with Crippen LogP contribution in [0, 0.1) is 0 Å². The normalized spacial score (nSPS) is 11.0. The number of halogens is 1. The molecule has 1 aromatic carbocycles. The molecule has 6 aromatic rings. The molecule has 13 heteroatoms. The molecule has 204 valence electrons. The smallest absolute Gasteiger partial charge is 0.291 e. The quantitative estimate of drug-likeness (QED) is 0.208. The van der Waals surface area contributed by atoms with Crippen LogP contribution in [0.5, 0.6) is 0 Å². The molecule has 0 aliphatic heterocycles. The van der Waals surface area contributed by atoms with Gasteiger partial charge in [-0.1, -0.05) is 47.1 Å². The first kappa shape index (κ1) is 26.6. The molecule has 41 heavy (non-hydrogen) atoms. The minimum atomic E-state index is -0.389. The van der Waals surface area contributed by atoms with Crippen LogP contribution in [0.2, 0.25) is 4.34 Å². The number of thiophene rings is 1. The Balaban J connectivity index is 1.44. The van der Waals surface area contributed by atoms with Gasteiger partial charge in [0.15, 0.2) is 5.69 Å². The van der Waals surface area contributed by atoms with E-state index in [-0.39, 0.29) is 29.5 Å². The van der Waals surface area contributed by atoms with Gasteiger partial charge in [-0.2, -0.15) is 9.78 Å². The fourth-order valence-electron chi connectivity index (χ4n) is 4.17. The van der Waals surface area contributed by atoms with Gasteiger partial charge in [0.1, 0.15) is 17.0 Å². The van der Waals surface area contributed by atoms with Crippen molar-refractivity contribution < 1.29 is 14.1 Å². The van der Waals surface area contributed by atoms with Crippen molar-refractivity contribution in [1.29, 1.82) is 0 Å². The molecule has 10 nitrogen and oxygen atoms in total. The van der Waals surface area contributed by atoms with Gasteiger partial charge in [0.2, 0.25) is 5.78 Å². The molecule has 0 amide bonds. The minimum absolute atomic E-state index is 0.114. The lowest BCUT2D eigenvalue weighted by molar-refractivity contribution is 0.0948. The van der Waals surface area contributed by atoms with Crippen LogP contribution in [0.1, 0.15) is 25.0 Å². The van der Waals surface area contributed by atoms with E-state index in [9.17, 15) is 14.4 Å². The molecule has 0 unspecified atom stereocenters. The minimum Gasteiger partial charge on any atom is -0.365 e. The molecular formula is C28H19ClN6O4S2. The molecule has 0 fully saturated rings. The van der Waals surface area contributed by atoms with Gasteiger partial charge in [0, 0.05) is 40.5 Å². The number of hydrogen-bond acceptors (Lipinski definition) is 10. The number of carbonyl (C=O) groups excluding carboxylic acids is 2. The van der Waals surface area contributed by atoms with Crippen molar-refractivity contribution in [3.05, 3.63) is 116 Å². The van der Waals surface area contributed by atoms with Gasteiger partial charge in [-0.3, -0.25) is 14.4 Å². The van der Waals surface area contributed by atoms with Gasteiger partial charge in [0.25, 0.3) is 11.5 Å². The summed E-state index contributed by atoms with van der Waals surface area (Å²) >= 11 is 8.59. The Morgan fingerprint density at radius 1 is 1.02 bits per heavy atom. The van der Waals surface area contributed by atoms with E-state index < -0.39 is 0 Å². The third-order valence-electron chi connectivity index (χ3n) is 6.13. The molecule has 5 heterocycles. The molecule has 0 spiro atoms. The fourth-order valence-corrected chi connectivity index (χ4v) is 5.72. The number of carbonyl (C=O) groups is 2. The molecule has 0 saturated carbocycles. The molecule has 0 saturated heterocycles. The lowest BCUT2D eigenvalue weighted by Gasteiger charge is -2.10. The SMILES string of the molecule is O=C(Cn1cc(-c2cc(NCc3ccc(Cl)s3)n(C(=O)c3ccns3)n2)cc(-c2ccccc2)c1=O)c1ccon1. The summed E-state index contributed by atoms with van der Waals surface area (Å²) in [5, 5.41) is 11.6. The first-order chi connectivity index (χ1) is 20.0. The highest BCUT2D eigenvalue weighted by molar-refractivity contribution is 7.16. The third-order valence-corrected chi connectivity index (χ3v) is 8.09. The van der Waals surface area contributed by atoms with Gasteiger partial charge >= 0.3 is 0 Å². The molecule has 0 aliphatic rings. The number of nitrogens with zero attached hydrogens (tertiary/aromatic N) is 5. The largest absolute Gasteiger partial charge is 0.365 e. The fraction of sp³-hybridized carbons (Fsp3) is 0.0714. The summed E-state index contributed by atoms with van der Waals surface area (Å²) in [5.74, 6) is -0.302. The third kappa shape index (κ3) is 5.66. The molecular weight excluding hydrogens is 584 g/mol. The van der Waals surface area contributed by atoms with E-state index in [0.29, 0.717) is 44.0 Å². The second kappa shape index (κ2) is 11.5. The summed E-state index contributed by atoms with van der Waals surface area (Å²) in [6, 6.07) is 19.4. The van der Waals surface area contributed by atoms with Crippen molar-refractivity contribution in [2.75, 3.05) is 5.32 Å². The zero-order valence-corrected chi connectivity index (χ0v) is 23.4. The Hall–Kier alpha value is -4.65. The second-order valence-corrected chi connectivity index (χ2v) is 11.5. The number of nitrogens with one attached hydrogen (secondary N) is 1. The van der Waals surface area contributed by atoms with Gasteiger partial charge in [0.05, 0.1) is 23.1 Å². The van der Waals surface area contributed by atoms with Gasteiger partial charge in [-0.05, 0) is 41.4 Å². The average molecular weight is 603 g/mol. The first-order valence-electron chi connectivity index (χ1n) is 12.2. The number of anilines is 1. The monoisotopic (exact) mass is 602 g/mol. The van der Waals surface area contributed by atoms with Crippen molar-refractivity contribution in [3.63, 3.8) is 0 Å². The van der Waals surface area contributed by atoms with Crippen LogP contribution in [-0.2, 0) is 13.1 Å². The van der Waals surface area contributed by atoms with Crippen molar-refractivity contribution in [2.45, 2.75) is 13.1 Å². The lowest BCUT2D eigenvalue weighted by atomic mass is 10.0. The van der Waals surface area contributed by atoms with Gasteiger partial charge in [-0.15, -0.1) is 11.3 Å². The first-order valence-corrected chi connectivity index (χ1v) is 14.2. The average Bonchev–Trinajstić information content (AvgIpc) is 3.80. The highest BCUT2D eigenvalue weighted by Crippen LogP contribution is 2.28.